The molecule has 0 saturated heterocycles. The Bertz CT molecular complexity index is 394. The maximum Gasteiger partial charge on any atom is 0.490 e. The highest BCUT2D eigenvalue weighted by atomic mass is 32.2. The van der Waals surface area contributed by atoms with Gasteiger partial charge in [-0.1, -0.05) is 36.1 Å². The highest BCUT2D eigenvalue weighted by Gasteiger charge is 2.15. The van der Waals surface area contributed by atoms with Gasteiger partial charge in [-0.2, -0.15) is 0 Å². The zero-order valence-electron chi connectivity index (χ0n) is 7.29. The van der Waals surface area contributed by atoms with E-state index in [2.05, 4.69) is 4.99 Å². The number of nitrogens with zero attached hydrogens (tertiary/aromatic N) is 1. The maximum absolute atomic E-state index is 8.96. The predicted molar refractivity (Wildman–Crippen MR) is 59.7 cm³/mol. The average molecular weight is 205 g/mol. The third kappa shape index (κ3) is 1.90. The summed E-state index contributed by atoms with van der Waals surface area (Å²) >= 11 is 1.52. The molecule has 14 heavy (non-hydrogen) atoms. The molecular weight excluding hydrogens is 197 g/mol. The Morgan fingerprint density at radius 2 is 2.14 bits per heavy atom. The number of hydrogen-bond donors (Lipinski definition) is 2. The zero-order chi connectivity index (χ0) is 9.97. The van der Waals surface area contributed by atoms with Crippen molar-refractivity contribution in [2.45, 2.75) is 0 Å². The highest BCUT2D eigenvalue weighted by molar-refractivity contribution is 8.17. The van der Waals surface area contributed by atoms with E-state index >= 15 is 0 Å². The average Bonchev–Trinajstić information content (AvgIpc) is 2.39. The summed E-state index contributed by atoms with van der Waals surface area (Å²) in [5.74, 6) is 0. The van der Waals surface area contributed by atoms with Crippen molar-refractivity contribution in [1.82, 2.24) is 0 Å². The van der Waals surface area contributed by atoms with Crippen LogP contribution in [0, 0.1) is 0 Å². The fourth-order valence-electron chi connectivity index (χ4n) is 1.13. The van der Waals surface area contributed by atoms with Crippen LogP contribution in [0.5, 0.6) is 0 Å². The van der Waals surface area contributed by atoms with Gasteiger partial charge in [-0.15, -0.1) is 0 Å². The van der Waals surface area contributed by atoms with Gasteiger partial charge in [0.2, 0.25) is 0 Å². The lowest BCUT2D eigenvalue weighted by Crippen LogP contribution is -2.13. The van der Waals surface area contributed by atoms with Gasteiger partial charge in [-0.05, 0) is 5.41 Å². The Labute approximate surface area is 86.4 Å². The molecule has 0 aromatic heterocycles. The summed E-state index contributed by atoms with van der Waals surface area (Å²) in [7, 11) is -1.46. The van der Waals surface area contributed by atoms with Crippen molar-refractivity contribution in [3.05, 3.63) is 47.0 Å². The first-order chi connectivity index (χ1) is 6.77. The number of hydrogen-bond acceptors (Lipinski definition) is 4. The summed E-state index contributed by atoms with van der Waals surface area (Å²) in [6.45, 7) is 0. The quantitative estimate of drug-likeness (QED) is 0.628. The molecule has 0 saturated carbocycles. The van der Waals surface area contributed by atoms with Gasteiger partial charge in [0.25, 0.3) is 0 Å². The van der Waals surface area contributed by atoms with E-state index in [1.165, 1.54) is 18.0 Å². The molecule has 2 aliphatic heterocycles. The van der Waals surface area contributed by atoms with Gasteiger partial charge in [0.1, 0.15) is 5.04 Å². The van der Waals surface area contributed by atoms with Crippen molar-refractivity contribution in [2.75, 3.05) is 0 Å². The van der Waals surface area contributed by atoms with Crippen LogP contribution in [0.2, 0.25) is 0 Å². The van der Waals surface area contributed by atoms with E-state index in [9.17, 15) is 0 Å². The van der Waals surface area contributed by atoms with Crippen molar-refractivity contribution >= 4 is 23.9 Å². The topological polar surface area (TPSA) is 52.8 Å². The summed E-state index contributed by atoms with van der Waals surface area (Å²) in [5, 5.41) is 20.7. The number of thioether (sulfide) groups is 1. The van der Waals surface area contributed by atoms with Crippen molar-refractivity contribution < 1.29 is 10.0 Å². The zero-order valence-corrected chi connectivity index (χ0v) is 8.11. The summed E-state index contributed by atoms with van der Waals surface area (Å²) in [6.07, 6.45) is 8.83. The second-order valence-electron chi connectivity index (χ2n) is 2.84. The molecule has 0 atom stereocenters. The van der Waals surface area contributed by atoms with Gasteiger partial charge >= 0.3 is 7.12 Å². The van der Waals surface area contributed by atoms with Crippen LogP contribution >= 0.6 is 11.8 Å². The second kappa shape index (κ2) is 4.00. The third-order valence-electron chi connectivity index (χ3n) is 1.87. The maximum atomic E-state index is 8.96. The standard InChI is InChI=1S/C9H8BNO2S/c12-10(13)8-4-3-7-2-1-5-14-9(7)11-6-8/h1-6,12-13H. The van der Waals surface area contributed by atoms with Gasteiger partial charge in [-0.25, -0.2) is 4.99 Å². The van der Waals surface area contributed by atoms with Crippen molar-refractivity contribution in [3.63, 3.8) is 0 Å². The molecule has 0 unspecified atom stereocenters. The number of rotatable bonds is 1. The summed E-state index contributed by atoms with van der Waals surface area (Å²) < 4.78 is 0. The van der Waals surface area contributed by atoms with E-state index in [0.717, 1.165) is 10.6 Å². The van der Waals surface area contributed by atoms with Gasteiger partial charge in [-0.3, -0.25) is 0 Å². The Kier molecular flexibility index (Phi) is 2.72. The van der Waals surface area contributed by atoms with Crippen LogP contribution < -0.4 is 0 Å². The van der Waals surface area contributed by atoms with E-state index in [-0.39, 0.29) is 0 Å². The minimum atomic E-state index is -1.46. The largest absolute Gasteiger partial charge is 0.490 e. The second-order valence-corrected chi connectivity index (χ2v) is 3.73. The van der Waals surface area contributed by atoms with Crippen LogP contribution in [0.1, 0.15) is 0 Å². The Balaban J connectivity index is 2.35. The minimum absolute atomic E-state index is 0.397. The van der Waals surface area contributed by atoms with E-state index in [1.54, 1.807) is 6.08 Å². The van der Waals surface area contributed by atoms with Crippen LogP contribution in [-0.2, 0) is 0 Å². The highest BCUT2D eigenvalue weighted by Crippen LogP contribution is 2.23. The first kappa shape index (κ1) is 9.52. The first-order valence-corrected chi connectivity index (χ1v) is 5.01. The molecule has 2 aliphatic rings. The molecule has 0 amide bonds. The van der Waals surface area contributed by atoms with Gasteiger partial charge in [0, 0.05) is 17.2 Å². The van der Waals surface area contributed by atoms with E-state index in [0.29, 0.717) is 5.47 Å². The lowest BCUT2D eigenvalue weighted by atomic mass is 9.80. The van der Waals surface area contributed by atoms with Gasteiger partial charge in [0.15, 0.2) is 0 Å². The molecule has 0 aromatic rings. The molecule has 2 rings (SSSR count). The van der Waals surface area contributed by atoms with Crippen LogP contribution in [0.15, 0.2) is 52.0 Å². The Morgan fingerprint density at radius 1 is 1.29 bits per heavy atom. The van der Waals surface area contributed by atoms with Crippen molar-refractivity contribution in [2.24, 2.45) is 4.99 Å². The SMILES string of the molecule is OB(O)C1=CN=C2SC=CC=C2C=C1. The van der Waals surface area contributed by atoms with Crippen LogP contribution in [0.3, 0.4) is 0 Å². The minimum Gasteiger partial charge on any atom is -0.423 e. The molecule has 70 valence electrons. The normalized spacial score (nSPS) is 19.1. The molecule has 0 fully saturated rings. The smallest absolute Gasteiger partial charge is 0.423 e. The molecular formula is C9H8BNO2S. The molecule has 2 heterocycles. The predicted octanol–water partition coefficient (Wildman–Crippen LogP) is 1.04. The molecule has 3 nitrogen and oxygen atoms in total. The molecule has 0 aromatic carbocycles. The molecule has 2 N–H and O–H groups in total. The monoisotopic (exact) mass is 205 g/mol. The summed E-state index contributed by atoms with van der Waals surface area (Å²) in [4.78, 5) is 4.16. The first-order valence-electron chi connectivity index (χ1n) is 4.13. The third-order valence-corrected chi connectivity index (χ3v) is 2.72. The fourth-order valence-corrected chi connectivity index (χ4v) is 1.80. The lowest BCUT2D eigenvalue weighted by molar-refractivity contribution is 0.420. The van der Waals surface area contributed by atoms with Crippen LogP contribution in [0.4, 0.5) is 0 Å². The molecule has 5 heteroatoms. The van der Waals surface area contributed by atoms with E-state index in [4.69, 9.17) is 10.0 Å². The van der Waals surface area contributed by atoms with Crippen molar-refractivity contribution in [1.29, 1.82) is 0 Å². The van der Waals surface area contributed by atoms with Gasteiger partial charge in [0.05, 0.1) is 0 Å². The lowest BCUT2D eigenvalue weighted by Gasteiger charge is -2.04. The Hall–Kier alpha value is -1.04. The number of aliphatic imine (C=N–C) groups is 1. The summed E-state index contributed by atoms with van der Waals surface area (Å²) in [6, 6.07) is 0. The number of allylic oxidation sites excluding steroid dienone is 5. The summed E-state index contributed by atoms with van der Waals surface area (Å²) in [5.41, 5.74) is 1.39. The van der Waals surface area contributed by atoms with Crippen molar-refractivity contribution in [3.8, 4) is 0 Å². The fraction of sp³-hybridized carbons (Fsp3) is 0. The molecule has 0 aliphatic carbocycles. The molecule has 0 spiro atoms. The number of fused-ring (bicyclic) bond motifs is 1. The van der Waals surface area contributed by atoms with Crippen LogP contribution in [-0.4, -0.2) is 22.2 Å². The molecule has 0 bridgehead atoms. The van der Waals surface area contributed by atoms with E-state index in [1.807, 2.05) is 23.6 Å². The van der Waals surface area contributed by atoms with E-state index < -0.39 is 7.12 Å². The Morgan fingerprint density at radius 3 is 2.93 bits per heavy atom. The molecule has 0 radical (unpaired) electrons. The van der Waals surface area contributed by atoms with Crippen LogP contribution in [0.25, 0.3) is 0 Å². The van der Waals surface area contributed by atoms with Gasteiger partial charge < -0.3 is 10.0 Å².